The van der Waals surface area contributed by atoms with Crippen LogP contribution in [0.5, 0.6) is 11.5 Å². The van der Waals surface area contributed by atoms with Crippen LogP contribution in [0.15, 0.2) is 18.2 Å². The molecule has 0 unspecified atom stereocenters. The van der Waals surface area contributed by atoms with Crippen LogP contribution in [0.3, 0.4) is 0 Å². The predicted octanol–water partition coefficient (Wildman–Crippen LogP) is 0.791. The number of hydrogen-bond acceptors (Lipinski definition) is 4. The normalized spacial score (nSPS) is 14.7. The maximum atomic E-state index is 12.2. The highest BCUT2D eigenvalue weighted by molar-refractivity contribution is 6.34. The van der Waals surface area contributed by atoms with Gasteiger partial charge in [0.15, 0.2) is 0 Å². The maximum absolute atomic E-state index is 12.2. The molecule has 1 aromatic rings. The first-order valence-electron chi connectivity index (χ1n) is 5.86. The van der Waals surface area contributed by atoms with Crippen molar-refractivity contribution in [1.82, 2.24) is 4.90 Å². The van der Waals surface area contributed by atoms with Crippen molar-refractivity contribution in [2.24, 2.45) is 5.73 Å². The quantitative estimate of drug-likeness (QED) is 0.778. The Hall–Kier alpha value is -2.45. The van der Waals surface area contributed by atoms with Crippen molar-refractivity contribution in [2.45, 2.75) is 12.9 Å². The van der Waals surface area contributed by atoms with Gasteiger partial charge in [-0.3, -0.25) is 9.59 Å². The Morgan fingerprint density at radius 2 is 2.05 bits per heavy atom. The topological polar surface area (TPSA) is 81.9 Å². The van der Waals surface area contributed by atoms with Crippen molar-refractivity contribution in [3.8, 4) is 11.5 Å². The Bertz CT molecular complexity index is 574. The lowest BCUT2D eigenvalue weighted by atomic mass is 10.1. The van der Waals surface area contributed by atoms with Gasteiger partial charge in [-0.25, -0.2) is 0 Å². The van der Waals surface area contributed by atoms with E-state index in [9.17, 15) is 22.8 Å². The molecule has 114 valence electrons. The molecule has 1 aromatic carbocycles. The van der Waals surface area contributed by atoms with Gasteiger partial charge in [-0.15, -0.1) is 13.2 Å². The van der Waals surface area contributed by atoms with E-state index in [1.54, 1.807) is 0 Å². The average Bonchev–Trinajstić information content (AvgIpc) is 2.57. The van der Waals surface area contributed by atoms with Gasteiger partial charge in [-0.2, -0.15) is 0 Å². The fourth-order valence-corrected chi connectivity index (χ4v) is 1.90. The Kier molecular flexibility index (Phi) is 3.92. The summed E-state index contributed by atoms with van der Waals surface area (Å²) in [4.78, 5) is 23.6. The Morgan fingerprint density at radius 3 is 2.67 bits per heavy atom. The number of amides is 2. The Labute approximate surface area is 117 Å². The Balaban J connectivity index is 2.25. The van der Waals surface area contributed by atoms with Crippen LogP contribution in [-0.4, -0.2) is 36.2 Å². The molecular weight excluding hydrogens is 293 g/mol. The molecule has 0 aromatic heterocycles. The first-order valence-corrected chi connectivity index (χ1v) is 5.86. The number of nitrogens with zero attached hydrogens (tertiary/aromatic N) is 1. The van der Waals surface area contributed by atoms with Crippen molar-refractivity contribution < 1.29 is 32.2 Å². The summed E-state index contributed by atoms with van der Waals surface area (Å²) in [5.41, 5.74) is 5.20. The highest BCUT2D eigenvalue weighted by Gasteiger charge is 2.32. The molecule has 0 saturated carbocycles. The molecular formula is C12H11F3N2O4. The zero-order valence-electron chi connectivity index (χ0n) is 10.6. The second-order valence-electron chi connectivity index (χ2n) is 4.26. The third-order valence-corrected chi connectivity index (χ3v) is 2.74. The summed E-state index contributed by atoms with van der Waals surface area (Å²) in [6.07, 6.45) is -4.82. The largest absolute Gasteiger partial charge is 0.573 e. The van der Waals surface area contributed by atoms with E-state index in [4.69, 9.17) is 10.5 Å². The first-order chi connectivity index (χ1) is 9.76. The van der Waals surface area contributed by atoms with E-state index in [2.05, 4.69) is 4.74 Å². The van der Waals surface area contributed by atoms with Crippen molar-refractivity contribution in [1.29, 1.82) is 0 Å². The molecule has 0 fully saturated rings. The van der Waals surface area contributed by atoms with Crippen LogP contribution in [0.25, 0.3) is 0 Å². The van der Waals surface area contributed by atoms with Gasteiger partial charge in [0.25, 0.3) is 0 Å². The van der Waals surface area contributed by atoms with E-state index < -0.39 is 23.9 Å². The number of nitrogens with two attached hydrogens (primary N) is 1. The third-order valence-electron chi connectivity index (χ3n) is 2.74. The molecule has 0 atom stereocenters. The van der Waals surface area contributed by atoms with Crippen LogP contribution in [0.4, 0.5) is 13.2 Å². The van der Waals surface area contributed by atoms with Crippen LogP contribution in [0.2, 0.25) is 0 Å². The number of carbonyl (C=O) groups is 2. The Morgan fingerprint density at radius 1 is 1.33 bits per heavy atom. The average molecular weight is 304 g/mol. The molecule has 2 N–H and O–H groups in total. The van der Waals surface area contributed by atoms with Gasteiger partial charge in [-0.1, -0.05) is 0 Å². The predicted molar refractivity (Wildman–Crippen MR) is 63.2 cm³/mol. The zero-order chi connectivity index (χ0) is 15.6. The van der Waals surface area contributed by atoms with Gasteiger partial charge in [0.05, 0.1) is 13.1 Å². The second-order valence-corrected chi connectivity index (χ2v) is 4.26. The number of alkyl halides is 3. The lowest BCUT2D eigenvalue weighted by molar-refractivity contribution is -0.274. The number of carbonyl (C=O) groups excluding carboxylic acids is 2. The van der Waals surface area contributed by atoms with E-state index in [0.29, 0.717) is 11.3 Å². The van der Waals surface area contributed by atoms with Crippen molar-refractivity contribution in [2.75, 3.05) is 13.2 Å². The van der Waals surface area contributed by atoms with E-state index in [0.717, 1.165) is 17.0 Å². The van der Waals surface area contributed by atoms with Crippen molar-refractivity contribution in [3.05, 3.63) is 23.8 Å². The number of hydrogen-bond donors (Lipinski definition) is 1. The molecule has 2 amide bonds. The smallest absolute Gasteiger partial charge is 0.491 e. The molecule has 0 bridgehead atoms. The fraction of sp³-hybridized carbons (Fsp3) is 0.333. The minimum Gasteiger partial charge on any atom is -0.491 e. The van der Waals surface area contributed by atoms with Crippen LogP contribution in [-0.2, 0) is 16.1 Å². The number of halogens is 3. The molecule has 0 aliphatic carbocycles. The maximum Gasteiger partial charge on any atom is 0.573 e. The highest BCUT2D eigenvalue weighted by Crippen LogP contribution is 2.30. The summed E-state index contributed by atoms with van der Waals surface area (Å²) < 4.78 is 45.7. The van der Waals surface area contributed by atoms with E-state index in [1.165, 1.54) is 6.07 Å². The standard InChI is InChI=1S/C12H11F3N2O4/c13-12(14,15)21-8-1-2-9-7(5-8)6-17(3-4-20-9)11(19)10(16)18/h1-2,5H,3-4,6H2,(H2,16,18). The molecule has 1 heterocycles. The van der Waals surface area contributed by atoms with E-state index in [1.807, 2.05) is 0 Å². The number of ether oxygens (including phenoxy) is 2. The molecule has 0 radical (unpaired) electrons. The molecule has 0 saturated heterocycles. The molecule has 2 rings (SSSR count). The van der Waals surface area contributed by atoms with Crippen LogP contribution in [0, 0.1) is 0 Å². The fourth-order valence-electron chi connectivity index (χ4n) is 1.90. The van der Waals surface area contributed by atoms with Gasteiger partial charge in [0.1, 0.15) is 18.1 Å². The van der Waals surface area contributed by atoms with Crippen LogP contribution < -0.4 is 15.2 Å². The van der Waals surface area contributed by atoms with Crippen molar-refractivity contribution >= 4 is 11.8 Å². The number of primary amides is 1. The number of benzene rings is 1. The minimum absolute atomic E-state index is 0.0911. The molecule has 1 aliphatic heterocycles. The molecule has 0 spiro atoms. The van der Waals surface area contributed by atoms with E-state index in [-0.39, 0.29) is 19.7 Å². The third kappa shape index (κ3) is 3.77. The van der Waals surface area contributed by atoms with Gasteiger partial charge in [0, 0.05) is 5.56 Å². The molecule has 6 nitrogen and oxygen atoms in total. The van der Waals surface area contributed by atoms with Crippen LogP contribution >= 0.6 is 0 Å². The van der Waals surface area contributed by atoms with E-state index >= 15 is 0 Å². The highest BCUT2D eigenvalue weighted by atomic mass is 19.4. The van der Waals surface area contributed by atoms with Gasteiger partial charge >= 0.3 is 18.2 Å². The van der Waals surface area contributed by atoms with Gasteiger partial charge in [0.2, 0.25) is 0 Å². The van der Waals surface area contributed by atoms with Crippen LogP contribution in [0.1, 0.15) is 5.56 Å². The van der Waals surface area contributed by atoms with Gasteiger partial charge in [-0.05, 0) is 18.2 Å². The molecule has 1 aliphatic rings. The minimum atomic E-state index is -4.82. The first kappa shape index (κ1) is 14.9. The summed E-state index contributed by atoms with van der Waals surface area (Å²) in [7, 11) is 0. The number of fused-ring (bicyclic) bond motifs is 1. The molecule has 21 heavy (non-hydrogen) atoms. The summed E-state index contributed by atoms with van der Waals surface area (Å²) in [5, 5.41) is 0. The summed E-state index contributed by atoms with van der Waals surface area (Å²) in [5.74, 6) is -2.17. The van der Waals surface area contributed by atoms with Crippen molar-refractivity contribution in [3.63, 3.8) is 0 Å². The lowest BCUT2D eigenvalue weighted by Gasteiger charge is -2.18. The lowest BCUT2D eigenvalue weighted by Crippen LogP contribution is -2.40. The SMILES string of the molecule is NC(=O)C(=O)N1CCOc2ccc(OC(F)(F)F)cc2C1. The summed E-state index contributed by atoms with van der Waals surface area (Å²) in [6.45, 7) is 0.115. The second kappa shape index (κ2) is 5.51. The van der Waals surface area contributed by atoms with Gasteiger partial charge < -0.3 is 20.1 Å². The monoisotopic (exact) mass is 304 g/mol. The summed E-state index contributed by atoms with van der Waals surface area (Å²) >= 11 is 0. The zero-order valence-corrected chi connectivity index (χ0v) is 10.6. The molecule has 9 heteroatoms. The number of rotatable bonds is 1. The summed E-state index contributed by atoms with van der Waals surface area (Å²) in [6, 6.07) is 3.53.